The Balaban J connectivity index is 2.04. The van der Waals surface area contributed by atoms with Gasteiger partial charge in [-0.3, -0.25) is 4.90 Å². The van der Waals surface area contributed by atoms with Crippen LogP contribution in [0.1, 0.15) is 37.1 Å². The van der Waals surface area contributed by atoms with Gasteiger partial charge in [0.2, 0.25) is 10.0 Å². The minimum Gasteiger partial charge on any atom is -0.298 e. The van der Waals surface area contributed by atoms with Gasteiger partial charge in [0.15, 0.2) is 0 Å². The number of likely N-dealkylation sites (tertiary alicyclic amines) is 1. The zero-order valence-corrected chi connectivity index (χ0v) is 13.8. The number of hydrogen-bond donors (Lipinski definition) is 1. The first-order chi connectivity index (χ1) is 9.53. The van der Waals surface area contributed by atoms with Crippen molar-refractivity contribution in [3.63, 3.8) is 0 Å². The third-order valence-corrected chi connectivity index (χ3v) is 6.38. The lowest BCUT2D eigenvalue weighted by atomic mass is 9.88. The molecule has 1 aliphatic heterocycles. The summed E-state index contributed by atoms with van der Waals surface area (Å²) in [5.41, 5.74) is 0. The van der Waals surface area contributed by atoms with E-state index in [2.05, 4.69) is 34.2 Å². The van der Waals surface area contributed by atoms with E-state index in [9.17, 15) is 8.42 Å². The Morgan fingerprint density at radius 3 is 2.95 bits per heavy atom. The van der Waals surface area contributed by atoms with Crippen molar-refractivity contribution in [1.29, 1.82) is 0 Å². The van der Waals surface area contributed by atoms with Crippen LogP contribution in [0.15, 0.2) is 17.5 Å². The molecule has 1 saturated heterocycles. The van der Waals surface area contributed by atoms with Crippen LogP contribution in [-0.2, 0) is 10.0 Å². The number of piperidine rings is 1. The first kappa shape index (κ1) is 15.9. The van der Waals surface area contributed by atoms with Crippen molar-refractivity contribution in [2.45, 2.75) is 32.2 Å². The van der Waals surface area contributed by atoms with E-state index in [-0.39, 0.29) is 5.75 Å². The van der Waals surface area contributed by atoms with E-state index in [0.29, 0.717) is 24.9 Å². The van der Waals surface area contributed by atoms with Crippen molar-refractivity contribution in [2.24, 2.45) is 5.92 Å². The van der Waals surface area contributed by atoms with Crippen molar-refractivity contribution >= 4 is 21.4 Å². The molecular formula is C14H24N2O2S2. The number of hydrogen-bond acceptors (Lipinski definition) is 4. The molecule has 0 spiro atoms. The standard InChI is InChI=1S/C14H24N2O2S2/c1-3-10-20(17,18)15-11-12-6-4-8-16(2)14(12)13-7-5-9-19-13/h5,7,9,12,14-15H,3-4,6,8,10-11H2,1-2H3/t12-,14-/m0/s1. The molecule has 0 unspecified atom stereocenters. The van der Waals surface area contributed by atoms with Gasteiger partial charge in [0.05, 0.1) is 5.75 Å². The van der Waals surface area contributed by atoms with Crippen LogP contribution in [0, 0.1) is 5.92 Å². The quantitative estimate of drug-likeness (QED) is 0.877. The molecule has 0 bridgehead atoms. The highest BCUT2D eigenvalue weighted by atomic mass is 32.2. The fraction of sp³-hybridized carbons (Fsp3) is 0.714. The Labute approximate surface area is 126 Å². The van der Waals surface area contributed by atoms with Crippen molar-refractivity contribution in [2.75, 3.05) is 25.9 Å². The van der Waals surface area contributed by atoms with Crippen molar-refractivity contribution in [3.8, 4) is 0 Å². The lowest BCUT2D eigenvalue weighted by Gasteiger charge is -2.38. The molecule has 2 heterocycles. The first-order valence-corrected chi connectivity index (χ1v) is 9.77. The second-order valence-electron chi connectivity index (χ2n) is 5.51. The van der Waals surface area contributed by atoms with Crippen molar-refractivity contribution in [3.05, 3.63) is 22.4 Å². The molecule has 1 aromatic heterocycles. The monoisotopic (exact) mass is 316 g/mol. The predicted octanol–water partition coefficient (Wildman–Crippen LogP) is 2.46. The zero-order chi connectivity index (χ0) is 14.6. The highest BCUT2D eigenvalue weighted by Crippen LogP contribution is 2.36. The Morgan fingerprint density at radius 1 is 1.50 bits per heavy atom. The molecule has 20 heavy (non-hydrogen) atoms. The Bertz CT molecular complexity index is 499. The van der Waals surface area contributed by atoms with Crippen molar-refractivity contribution in [1.82, 2.24) is 9.62 Å². The average molecular weight is 316 g/mol. The topological polar surface area (TPSA) is 49.4 Å². The average Bonchev–Trinajstić information content (AvgIpc) is 2.90. The van der Waals surface area contributed by atoms with Crippen LogP contribution in [0.2, 0.25) is 0 Å². The van der Waals surface area contributed by atoms with E-state index in [1.54, 1.807) is 11.3 Å². The molecule has 0 aromatic carbocycles. The van der Waals surface area contributed by atoms with E-state index in [0.717, 1.165) is 19.4 Å². The molecule has 0 amide bonds. The van der Waals surface area contributed by atoms with Crippen LogP contribution in [0.25, 0.3) is 0 Å². The molecule has 1 fully saturated rings. The lowest BCUT2D eigenvalue weighted by Crippen LogP contribution is -2.41. The van der Waals surface area contributed by atoms with Gasteiger partial charge >= 0.3 is 0 Å². The maximum atomic E-state index is 11.8. The van der Waals surface area contributed by atoms with Gasteiger partial charge in [-0.25, -0.2) is 13.1 Å². The number of sulfonamides is 1. The number of thiophene rings is 1. The molecule has 4 nitrogen and oxygen atoms in total. The van der Waals surface area contributed by atoms with Crippen LogP contribution >= 0.6 is 11.3 Å². The third kappa shape index (κ3) is 4.04. The van der Waals surface area contributed by atoms with Gasteiger partial charge in [-0.15, -0.1) is 11.3 Å². The highest BCUT2D eigenvalue weighted by Gasteiger charge is 2.31. The Hall–Kier alpha value is -0.430. The lowest BCUT2D eigenvalue weighted by molar-refractivity contribution is 0.126. The molecule has 0 saturated carbocycles. The molecule has 2 atom stereocenters. The molecular weight excluding hydrogens is 292 g/mol. The molecule has 2 rings (SSSR count). The fourth-order valence-corrected chi connectivity index (χ4v) is 5.09. The van der Waals surface area contributed by atoms with E-state index in [1.807, 2.05) is 6.92 Å². The van der Waals surface area contributed by atoms with Gasteiger partial charge in [0.1, 0.15) is 0 Å². The predicted molar refractivity (Wildman–Crippen MR) is 84.5 cm³/mol. The van der Waals surface area contributed by atoms with Gasteiger partial charge in [-0.1, -0.05) is 13.0 Å². The number of rotatable bonds is 6. The van der Waals surface area contributed by atoms with E-state index < -0.39 is 10.0 Å². The van der Waals surface area contributed by atoms with Crippen LogP contribution < -0.4 is 4.72 Å². The molecule has 0 radical (unpaired) electrons. The van der Waals surface area contributed by atoms with E-state index in [1.165, 1.54) is 4.88 Å². The summed E-state index contributed by atoms with van der Waals surface area (Å²) in [6.07, 6.45) is 2.88. The van der Waals surface area contributed by atoms with Crippen molar-refractivity contribution < 1.29 is 8.42 Å². The van der Waals surface area contributed by atoms with Gasteiger partial charge in [-0.05, 0) is 50.2 Å². The van der Waals surface area contributed by atoms with Gasteiger partial charge < -0.3 is 0 Å². The number of nitrogens with zero attached hydrogens (tertiary/aromatic N) is 1. The smallest absolute Gasteiger partial charge is 0.211 e. The number of nitrogens with one attached hydrogen (secondary N) is 1. The summed E-state index contributed by atoms with van der Waals surface area (Å²) in [6, 6.07) is 4.57. The van der Waals surface area contributed by atoms with Crippen LogP contribution in [-0.4, -0.2) is 39.2 Å². The summed E-state index contributed by atoms with van der Waals surface area (Å²) >= 11 is 1.76. The third-order valence-electron chi connectivity index (χ3n) is 3.88. The largest absolute Gasteiger partial charge is 0.298 e. The minimum atomic E-state index is -3.11. The summed E-state index contributed by atoms with van der Waals surface area (Å²) in [6.45, 7) is 3.53. The Kier molecular flexibility index (Phi) is 5.60. The van der Waals surface area contributed by atoms with E-state index in [4.69, 9.17) is 0 Å². The fourth-order valence-electron chi connectivity index (χ4n) is 2.96. The maximum Gasteiger partial charge on any atom is 0.211 e. The molecule has 1 N–H and O–H groups in total. The second-order valence-corrected chi connectivity index (χ2v) is 8.42. The molecule has 114 valence electrons. The van der Waals surface area contributed by atoms with Crippen LogP contribution in [0.5, 0.6) is 0 Å². The zero-order valence-electron chi connectivity index (χ0n) is 12.2. The second kappa shape index (κ2) is 7.02. The first-order valence-electron chi connectivity index (χ1n) is 7.24. The van der Waals surface area contributed by atoms with E-state index >= 15 is 0 Å². The molecule has 1 aliphatic rings. The normalized spacial score (nSPS) is 24.9. The molecule has 0 aliphatic carbocycles. The van der Waals surface area contributed by atoms with Crippen LogP contribution in [0.3, 0.4) is 0 Å². The minimum absolute atomic E-state index is 0.221. The summed E-state index contributed by atoms with van der Waals surface area (Å²) in [5.74, 6) is 0.582. The molecule has 6 heteroatoms. The Morgan fingerprint density at radius 2 is 2.30 bits per heavy atom. The SMILES string of the molecule is CCCS(=O)(=O)NC[C@@H]1CCCN(C)[C@@H]1c1cccs1. The molecule has 1 aromatic rings. The van der Waals surface area contributed by atoms with Crippen LogP contribution in [0.4, 0.5) is 0 Å². The maximum absolute atomic E-state index is 11.8. The van der Waals surface area contributed by atoms with Gasteiger partial charge in [0.25, 0.3) is 0 Å². The summed E-state index contributed by atoms with van der Waals surface area (Å²) < 4.78 is 26.4. The summed E-state index contributed by atoms with van der Waals surface area (Å²) in [7, 11) is -0.970. The highest BCUT2D eigenvalue weighted by molar-refractivity contribution is 7.89. The van der Waals surface area contributed by atoms with Gasteiger partial charge in [-0.2, -0.15) is 0 Å². The van der Waals surface area contributed by atoms with Gasteiger partial charge in [0, 0.05) is 17.5 Å². The summed E-state index contributed by atoms with van der Waals surface area (Å²) in [5, 5.41) is 2.09. The summed E-state index contributed by atoms with van der Waals surface area (Å²) in [4.78, 5) is 3.69.